The number of carboxylic acid groups (broad SMARTS) is 1. The summed E-state index contributed by atoms with van der Waals surface area (Å²) in [6.07, 6.45) is 0. The predicted molar refractivity (Wildman–Crippen MR) is 56.1 cm³/mol. The van der Waals surface area contributed by atoms with Gasteiger partial charge in [-0.2, -0.15) is 0 Å². The fourth-order valence-corrected chi connectivity index (χ4v) is 2.16. The average molecular weight is 207 g/mol. The molecule has 2 aromatic rings. The molecule has 1 aromatic carbocycles. The first-order valence-electron chi connectivity index (χ1n) is 4.19. The van der Waals surface area contributed by atoms with E-state index in [9.17, 15) is 4.79 Å². The minimum absolute atomic E-state index is 0.157. The number of nitrogens with zero attached hydrogens (tertiary/aromatic N) is 1. The number of thiazole rings is 1. The van der Waals surface area contributed by atoms with Gasteiger partial charge in [-0.1, -0.05) is 0 Å². The van der Waals surface area contributed by atoms with Crippen molar-refractivity contribution in [1.29, 1.82) is 0 Å². The molecule has 2 rings (SSSR count). The number of aromatic nitrogens is 1. The van der Waals surface area contributed by atoms with Crippen molar-refractivity contribution in [3.63, 3.8) is 0 Å². The molecule has 0 fully saturated rings. The summed E-state index contributed by atoms with van der Waals surface area (Å²) in [4.78, 5) is 14.7. The van der Waals surface area contributed by atoms with Gasteiger partial charge in [0.15, 0.2) is 0 Å². The highest BCUT2D eigenvalue weighted by Crippen LogP contribution is 2.25. The Morgan fingerprint density at radius 3 is 2.64 bits per heavy atom. The quantitative estimate of drug-likeness (QED) is 0.782. The van der Waals surface area contributed by atoms with Crippen LogP contribution >= 0.6 is 11.3 Å². The molecule has 14 heavy (non-hydrogen) atoms. The van der Waals surface area contributed by atoms with E-state index in [0.29, 0.717) is 0 Å². The second-order valence-corrected chi connectivity index (χ2v) is 4.26. The molecular weight excluding hydrogens is 198 g/mol. The molecule has 3 nitrogen and oxygen atoms in total. The molecule has 72 valence electrons. The number of aryl methyl sites for hydroxylation is 2. The molecule has 0 spiro atoms. The van der Waals surface area contributed by atoms with Crippen LogP contribution in [0.1, 0.15) is 20.9 Å². The Hall–Kier alpha value is -1.42. The van der Waals surface area contributed by atoms with Gasteiger partial charge in [0.25, 0.3) is 0 Å². The summed E-state index contributed by atoms with van der Waals surface area (Å²) in [5.41, 5.74) is 3.08. The summed E-state index contributed by atoms with van der Waals surface area (Å²) in [5.74, 6) is -0.957. The van der Waals surface area contributed by atoms with Crippen molar-refractivity contribution in [1.82, 2.24) is 4.98 Å². The number of aromatic carboxylic acids is 1. The largest absolute Gasteiger partial charge is 0.476 e. The van der Waals surface area contributed by atoms with Crippen molar-refractivity contribution >= 4 is 27.5 Å². The zero-order chi connectivity index (χ0) is 10.3. The summed E-state index contributed by atoms with van der Waals surface area (Å²) >= 11 is 1.22. The second-order valence-electron chi connectivity index (χ2n) is 3.23. The molecule has 0 saturated heterocycles. The molecule has 0 unspecified atom stereocenters. The molecular formula is C10H9NO2S. The van der Waals surface area contributed by atoms with Crippen LogP contribution in [0.4, 0.5) is 0 Å². The van der Waals surface area contributed by atoms with Crippen LogP contribution in [0.5, 0.6) is 0 Å². The number of benzene rings is 1. The number of carbonyl (C=O) groups is 1. The highest BCUT2D eigenvalue weighted by Gasteiger charge is 2.10. The lowest BCUT2D eigenvalue weighted by Crippen LogP contribution is -1.93. The zero-order valence-electron chi connectivity index (χ0n) is 7.87. The standard InChI is InChI=1S/C10H9NO2S/c1-5-3-7-8(4-6(5)2)14-9(11-7)10(12)13/h3-4H,1-2H3,(H,12,13). The van der Waals surface area contributed by atoms with Crippen LogP contribution in [-0.4, -0.2) is 16.1 Å². The molecule has 0 atom stereocenters. The van der Waals surface area contributed by atoms with Crippen LogP contribution in [0.3, 0.4) is 0 Å². The maximum atomic E-state index is 10.7. The Morgan fingerprint density at radius 2 is 2.00 bits per heavy atom. The van der Waals surface area contributed by atoms with E-state index in [0.717, 1.165) is 21.3 Å². The molecule has 1 aromatic heterocycles. The Bertz CT molecular complexity index is 477. The summed E-state index contributed by atoms with van der Waals surface area (Å²) in [7, 11) is 0. The van der Waals surface area contributed by atoms with Gasteiger partial charge in [-0.05, 0) is 37.1 Å². The van der Waals surface area contributed by atoms with Crippen LogP contribution < -0.4 is 0 Å². The van der Waals surface area contributed by atoms with Crippen LogP contribution in [0.15, 0.2) is 12.1 Å². The van der Waals surface area contributed by atoms with Crippen LogP contribution in [0, 0.1) is 13.8 Å². The summed E-state index contributed by atoms with van der Waals surface area (Å²) in [6, 6.07) is 3.91. The van der Waals surface area contributed by atoms with Gasteiger partial charge in [-0.3, -0.25) is 0 Å². The Kier molecular flexibility index (Phi) is 2.00. The molecule has 0 aliphatic heterocycles. The van der Waals surface area contributed by atoms with Gasteiger partial charge >= 0.3 is 5.97 Å². The van der Waals surface area contributed by atoms with Gasteiger partial charge in [-0.15, -0.1) is 11.3 Å². The van der Waals surface area contributed by atoms with Gasteiger partial charge < -0.3 is 5.11 Å². The first-order chi connectivity index (χ1) is 6.58. The van der Waals surface area contributed by atoms with Crippen LogP contribution in [0.25, 0.3) is 10.2 Å². The molecule has 0 saturated carbocycles. The van der Waals surface area contributed by atoms with Crippen molar-refractivity contribution < 1.29 is 9.90 Å². The van der Waals surface area contributed by atoms with Crippen molar-refractivity contribution in [2.75, 3.05) is 0 Å². The first-order valence-corrected chi connectivity index (χ1v) is 5.00. The number of rotatable bonds is 1. The maximum Gasteiger partial charge on any atom is 0.365 e. The predicted octanol–water partition coefficient (Wildman–Crippen LogP) is 2.61. The third-order valence-corrected chi connectivity index (χ3v) is 3.19. The van der Waals surface area contributed by atoms with E-state index in [1.165, 1.54) is 11.3 Å². The number of fused-ring (bicyclic) bond motifs is 1. The smallest absolute Gasteiger partial charge is 0.365 e. The molecule has 1 heterocycles. The van der Waals surface area contributed by atoms with Crippen molar-refractivity contribution in [3.8, 4) is 0 Å². The zero-order valence-corrected chi connectivity index (χ0v) is 8.68. The Labute approximate surface area is 85.0 Å². The average Bonchev–Trinajstić information content (AvgIpc) is 2.48. The highest BCUT2D eigenvalue weighted by atomic mass is 32.1. The van der Waals surface area contributed by atoms with Gasteiger partial charge in [0.1, 0.15) is 0 Å². The maximum absolute atomic E-state index is 10.7. The topological polar surface area (TPSA) is 50.2 Å². The van der Waals surface area contributed by atoms with Gasteiger partial charge in [0.05, 0.1) is 10.2 Å². The molecule has 0 amide bonds. The number of hydrogen-bond donors (Lipinski definition) is 1. The lowest BCUT2D eigenvalue weighted by molar-refractivity contribution is 0.0696. The third kappa shape index (κ3) is 1.37. The van der Waals surface area contributed by atoms with Crippen molar-refractivity contribution in [2.45, 2.75) is 13.8 Å². The normalized spacial score (nSPS) is 10.7. The van der Waals surface area contributed by atoms with Gasteiger partial charge in [0, 0.05) is 0 Å². The van der Waals surface area contributed by atoms with E-state index in [4.69, 9.17) is 5.11 Å². The SMILES string of the molecule is Cc1cc2nc(C(=O)O)sc2cc1C. The lowest BCUT2D eigenvalue weighted by Gasteiger charge is -1.96. The number of carboxylic acids is 1. The molecule has 0 aliphatic carbocycles. The summed E-state index contributed by atoms with van der Waals surface area (Å²) in [6.45, 7) is 4.00. The van der Waals surface area contributed by atoms with Crippen LogP contribution in [0.2, 0.25) is 0 Å². The first kappa shape index (κ1) is 9.15. The highest BCUT2D eigenvalue weighted by molar-refractivity contribution is 7.20. The fraction of sp³-hybridized carbons (Fsp3) is 0.200. The van der Waals surface area contributed by atoms with E-state index >= 15 is 0 Å². The van der Waals surface area contributed by atoms with Crippen LogP contribution in [-0.2, 0) is 0 Å². The minimum atomic E-state index is -0.957. The van der Waals surface area contributed by atoms with Crippen molar-refractivity contribution in [2.24, 2.45) is 0 Å². The van der Waals surface area contributed by atoms with E-state index in [1.807, 2.05) is 26.0 Å². The van der Waals surface area contributed by atoms with Crippen molar-refractivity contribution in [3.05, 3.63) is 28.3 Å². The minimum Gasteiger partial charge on any atom is -0.476 e. The van der Waals surface area contributed by atoms with Gasteiger partial charge in [-0.25, -0.2) is 9.78 Å². The Balaban J connectivity index is 2.72. The molecule has 4 heteroatoms. The third-order valence-electron chi connectivity index (χ3n) is 2.19. The van der Waals surface area contributed by atoms with Gasteiger partial charge in [0.2, 0.25) is 5.01 Å². The monoisotopic (exact) mass is 207 g/mol. The Morgan fingerprint density at radius 1 is 1.36 bits per heavy atom. The molecule has 1 N–H and O–H groups in total. The summed E-state index contributed by atoms with van der Waals surface area (Å²) in [5, 5.41) is 8.93. The lowest BCUT2D eigenvalue weighted by atomic mass is 10.1. The number of hydrogen-bond acceptors (Lipinski definition) is 3. The molecule has 0 aliphatic rings. The second kappa shape index (κ2) is 3.06. The van der Waals surface area contributed by atoms with E-state index in [1.54, 1.807) is 0 Å². The molecule has 0 radical (unpaired) electrons. The fourth-order valence-electron chi connectivity index (χ4n) is 1.27. The van der Waals surface area contributed by atoms with E-state index in [2.05, 4.69) is 4.98 Å². The van der Waals surface area contributed by atoms with E-state index < -0.39 is 5.97 Å². The van der Waals surface area contributed by atoms with E-state index in [-0.39, 0.29) is 5.01 Å². The summed E-state index contributed by atoms with van der Waals surface area (Å²) < 4.78 is 0.936. The molecule has 0 bridgehead atoms.